The molecule has 1 atom stereocenters. The third-order valence-electron chi connectivity index (χ3n) is 5.18. The summed E-state index contributed by atoms with van der Waals surface area (Å²) in [7, 11) is 1.84. The van der Waals surface area contributed by atoms with Gasteiger partial charge in [0.1, 0.15) is 5.41 Å². The maximum absolute atomic E-state index is 12.1. The van der Waals surface area contributed by atoms with Crippen LogP contribution >= 0.6 is 0 Å². The topological polar surface area (TPSA) is 23.6 Å². The molecule has 0 saturated carbocycles. The van der Waals surface area contributed by atoms with Crippen molar-refractivity contribution >= 4 is 5.91 Å². The van der Waals surface area contributed by atoms with Crippen molar-refractivity contribution in [1.82, 2.24) is 9.80 Å². The van der Waals surface area contributed by atoms with Crippen LogP contribution in [0.3, 0.4) is 0 Å². The first kappa shape index (κ1) is 16.1. The number of nitrogens with zero attached hydrogens (tertiary/aromatic N) is 2. The first-order valence-electron chi connectivity index (χ1n) is 8.62. The minimum atomic E-state index is -0.536. The number of amides is 1. The summed E-state index contributed by atoms with van der Waals surface area (Å²) in [4.78, 5) is 16.2. The first-order chi connectivity index (χ1) is 11.0. The molecule has 122 valence electrons. The van der Waals surface area contributed by atoms with Crippen LogP contribution in [0.5, 0.6) is 0 Å². The van der Waals surface area contributed by atoms with Gasteiger partial charge in [-0.3, -0.25) is 4.79 Å². The molecule has 0 spiro atoms. The van der Waals surface area contributed by atoms with Gasteiger partial charge in [-0.2, -0.15) is 0 Å². The minimum absolute atomic E-state index is 0.139. The van der Waals surface area contributed by atoms with Gasteiger partial charge in [0, 0.05) is 20.1 Å². The zero-order chi connectivity index (χ0) is 16.4. The number of hydrogen-bond acceptors (Lipinski definition) is 2. The van der Waals surface area contributed by atoms with Crippen LogP contribution in [-0.2, 0) is 4.79 Å². The van der Waals surface area contributed by atoms with E-state index in [-0.39, 0.29) is 5.91 Å². The molecule has 0 aromatic heterocycles. The van der Waals surface area contributed by atoms with E-state index in [1.807, 2.05) is 7.05 Å². The highest BCUT2D eigenvalue weighted by atomic mass is 16.2. The van der Waals surface area contributed by atoms with Crippen molar-refractivity contribution in [3.05, 3.63) is 23.8 Å². The highest BCUT2D eigenvalue weighted by Gasteiger charge is 2.45. The van der Waals surface area contributed by atoms with Crippen molar-refractivity contribution in [2.75, 3.05) is 33.2 Å². The van der Waals surface area contributed by atoms with Crippen LogP contribution in [0.4, 0.5) is 0 Å². The van der Waals surface area contributed by atoms with E-state index in [0.29, 0.717) is 0 Å². The second kappa shape index (κ2) is 6.37. The molecule has 3 nitrogen and oxygen atoms in total. The average Bonchev–Trinajstić information content (AvgIpc) is 3.08. The molecule has 2 saturated heterocycles. The molecule has 0 N–H and O–H groups in total. The largest absolute Gasteiger partial charge is 0.344 e. The fraction of sp³-hybridized carbons (Fsp3) is 0.550. The highest BCUT2D eigenvalue weighted by molar-refractivity contribution is 5.88. The molecule has 1 amide bonds. The Morgan fingerprint density at radius 3 is 2.22 bits per heavy atom. The van der Waals surface area contributed by atoms with Crippen LogP contribution in [0, 0.1) is 24.7 Å². The van der Waals surface area contributed by atoms with Crippen LogP contribution < -0.4 is 0 Å². The number of fused-ring (bicyclic) bond motifs is 1. The number of carbonyl (C=O) groups is 1. The van der Waals surface area contributed by atoms with Crippen LogP contribution in [0.2, 0.25) is 0 Å². The lowest BCUT2D eigenvalue weighted by atomic mass is 9.86. The van der Waals surface area contributed by atoms with Crippen molar-refractivity contribution in [1.29, 1.82) is 0 Å². The lowest BCUT2D eigenvalue weighted by Gasteiger charge is -2.32. The number of piperidine rings is 1. The maximum atomic E-state index is 12.1. The minimum Gasteiger partial charge on any atom is -0.344 e. The van der Waals surface area contributed by atoms with Gasteiger partial charge in [-0.1, -0.05) is 24.5 Å². The molecule has 0 bridgehead atoms. The Morgan fingerprint density at radius 1 is 1.13 bits per heavy atom. The number of hydrogen-bond donors (Lipinski definition) is 0. The van der Waals surface area contributed by atoms with Gasteiger partial charge < -0.3 is 9.80 Å². The zero-order valence-electron chi connectivity index (χ0n) is 14.3. The van der Waals surface area contributed by atoms with Crippen LogP contribution in [0.1, 0.15) is 31.2 Å². The lowest BCUT2D eigenvalue weighted by molar-refractivity contribution is -0.133. The van der Waals surface area contributed by atoms with E-state index < -0.39 is 5.41 Å². The van der Waals surface area contributed by atoms with Crippen LogP contribution in [0.25, 0.3) is 11.1 Å². The van der Waals surface area contributed by atoms with E-state index in [0.717, 1.165) is 32.6 Å². The summed E-state index contributed by atoms with van der Waals surface area (Å²) in [6.45, 7) is 5.88. The number of benzene rings is 1. The van der Waals surface area contributed by atoms with Gasteiger partial charge in [-0.25, -0.2) is 0 Å². The van der Waals surface area contributed by atoms with Gasteiger partial charge in [-0.05, 0) is 62.0 Å². The van der Waals surface area contributed by atoms with E-state index in [2.05, 4.69) is 35.9 Å². The second-order valence-electron chi connectivity index (χ2n) is 7.13. The van der Waals surface area contributed by atoms with E-state index in [1.165, 1.54) is 36.0 Å². The number of aryl methyl sites for hydroxylation is 1. The van der Waals surface area contributed by atoms with E-state index >= 15 is 0 Å². The molecule has 3 heteroatoms. The normalized spacial score (nSPS) is 25.6. The molecule has 2 fully saturated rings. The summed E-state index contributed by atoms with van der Waals surface area (Å²) in [5.74, 6) is 2.91. The molecule has 2 heterocycles. The molecule has 4 rings (SSSR count). The molecular weight excluding hydrogens is 284 g/mol. The van der Waals surface area contributed by atoms with E-state index in [9.17, 15) is 4.79 Å². The number of likely N-dealkylation sites (tertiary alicyclic amines) is 2. The fourth-order valence-corrected chi connectivity index (χ4v) is 3.67. The molecule has 0 aromatic rings. The Hall–Kier alpha value is -1.79. The maximum Gasteiger partial charge on any atom is 0.241 e. The van der Waals surface area contributed by atoms with Gasteiger partial charge >= 0.3 is 0 Å². The Bertz CT molecular complexity index is 619. The van der Waals surface area contributed by atoms with Crippen molar-refractivity contribution in [2.45, 2.75) is 32.6 Å². The van der Waals surface area contributed by atoms with Gasteiger partial charge in [0.05, 0.1) is 0 Å². The molecule has 2 aliphatic carbocycles. The number of terminal acetylenes is 1. The van der Waals surface area contributed by atoms with Crippen LogP contribution in [0.15, 0.2) is 18.2 Å². The summed E-state index contributed by atoms with van der Waals surface area (Å²) < 4.78 is 0. The van der Waals surface area contributed by atoms with Gasteiger partial charge in [0.25, 0.3) is 0 Å². The Labute approximate surface area is 139 Å². The molecule has 2 aliphatic heterocycles. The lowest BCUT2D eigenvalue weighted by Crippen LogP contribution is -2.44. The highest BCUT2D eigenvalue weighted by Crippen LogP contribution is 2.35. The van der Waals surface area contributed by atoms with Crippen LogP contribution in [-0.4, -0.2) is 48.9 Å². The predicted molar refractivity (Wildman–Crippen MR) is 94.0 cm³/mol. The Morgan fingerprint density at radius 2 is 1.78 bits per heavy atom. The summed E-state index contributed by atoms with van der Waals surface area (Å²) >= 11 is 0. The molecule has 0 aromatic carbocycles. The third-order valence-corrected chi connectivity index (χ3v) is 5.18. The molecular formula is C20H26N2O. The third kappa shape index (κ3) is 3.43. The summed E-state index contributed by atoms with van der Waals surface area (Å²) in [6.07, 6.45) is 10.2. The average molecular weight is 310 g/mol. The van der Waals surface area contributed by atoms with Crippen molar-refractivity contribution in [2.24, 2.45) is 5.41 Å². The summed E-state index contributed by atoms with van der Waals surface area (Å²) in [6, 6.07) is 6.59. The van der Waals surface area contributed by atoms with Gasteiger partial charge in [0.2, 0.25) is 5.91 Å². The second-order valence-corrected chi connectivity index (χ2v) is 7.13. The zero-order valence-corrected chi connectivity index (χ0v) is 14.3. The quantitative estimate of drug-likeness (QED) is 0.796. The monoisotopic (exact) mass is 310 g/mol. The molecule has 1 unspecified atom stereocenters. The van der Waals surface area contributed by atoms with E-state index in [1.54, 1.807) is 4.90 Å². The standard InChI is InChI=1S/C13H20N2O.C7H6/c1-3-13(7-10-14(2)12(13)16)11-15-8-5-4-6-9-15;1-5-2-6-4-7(6)3-5/h1H,4-11H2,2H3;2-4H,1H3. The Balaban J connectivity index is 0.000000183. The fourth-order valence-electron chi connectivity index (χ4n) is 3.67. The predicted octanol–water partition coefficient (Wildman–Crippen LogP) is 2.93. The number of rotatable bonds is 2. The summed E-state index contributed by atoms with van der Waals surface area (Å²) in [5.41, 5.74) is 3.74. The van der Waals surface area contributed by atoms with E-state index in [4.69, 9.17) is 6.42 Å². The Kier molecular flexibility index (Phi) is 4.46. The smallest absolute Gasteiger partial charge is 0.241 e. The summed E-state index contributed by atoms with van der Waals surface area (Å²) in [5, 5.41) is 0. The molecule has 0 radical (unpaired) electrons. The van der Waals surface area contributed by atoms with Gasteiger partial charge in [-0.15, -0.1) is 6.42 Å². The number of carbonyl (C=O) groups excluding carboxylic acids is 1. The van der Waals surface area contributed by atoms with Gasteiger partial charge in [0.15, 0.2) is 0 Å². The van der Waals surface area contributed by atoms with Crippen molar-refractivity contribution < 1.29 is 4.79 Å². The van der Waals surface area contributed by atoms with Crippen molar-refractivity contribution in [3.63, 3.8) is 0 Å². The SMILES string of the molecule is C#CC1(CN2CCCCC2)CCN(C)C1=O.Cc1cc2cc-2c1. The van der Waals surface area contributed by atoms with Crippen molar-refractivity contribution in [3.8, 4) is 23.5 Å². The first-order valence-corrected chi connectivity index (χ1v) is 8.62. The molecule has 4 aliphatic rings. The molecule has 23 heavy (non-hydrogen) atoms.